The Bertz CT molecular complexity index is 942. The van der Waals surface area contributed by atoms with Crippen LogP contribution in [-0.2, 0) is 23.9 Å². The molecule has 0 fully saturated rings. The van der Waals surface area contributed by atoms with Crippen LogP contribution >= 0.6 is 0 Å². The van der Waals surface area contributed by atoms with Gasteiger partial charge in [0.25, 0.3) is 0 Å². The number of carboxylic acid groups (broad SMARTS) is 1. The highest BCUT2D eigenvalue weighted by atomic mass is 16.5. The van der Waals surface area contributed by atoms with Crippen LogP contribution in [-0.4, -0.2) is 59.3 Å². The number of unbranched alkanes of at least 4 members (excludes halogenated alkanes) is 9. The van der Waals surface area contributed by atoms with Crippen LogP contribution in [0.1, 0.15) is 142 Å². The summed E-state index contributed by atoms with van der Waals surface area (Å²) in [6.07, 6.45) is 35.9. The van der Waals surface area contributed by atoms with Gasteiger partial charge in [-0.25, -0.2) is 4.79 Å². The van der Waals surface area contributed by atoms with Crippen LogP contribution in [0, 0.1) is 0 Å². The molecule has 0 aromatic carbocycles. The second-order valence-electron chi connectivity index (χ2n) is 11.9. The number of ether oxygens (including phenoxy) is 1. The monoisotopic (exact) mass is 660 g/mol. The molecule has 0 bridgehead atoms. The summed E-state index contributed by atoms with van der Waals surface area (Å²) >= 11 is 0. The standard InChI is InChI=1S/C38H64N2O7/c1-3-5-7-9-10-11-12-13-14-15-16-17-18-19-20-21-26-30-37(44)47-33(27-23-8-6-4-2)28-24-22-25-29-35(42)39-31-36(43)40-34(32-41)38(45)46/h5,7,10-11,13-14,16-17,33-34,41H,3-4,6,8-9,12,15,18-32H2,1-2H3,(H,39,42)(H,40,43)(H,45,46)/b7-5-,11-10-,14-13-,17-16-. The summed E-state index contributed by atoms with van der Waals surface area (Å²) in [6, 6.07) is -1.39. The van der Waals surface area contributed by atoms with Crippen LogP contribution in [0.25, 0.3) is 0 Å². The van der Waals surface area contributed by atoms with Gasteiger partial charge in [-0.15, -0.1) is 0 Å². The second-order valence-corrected chi connectivity index (χ2v) is 11.9. The molecule has 0 spiro atoms. The average Bonchev–Trinajstić information content (AvgIpc) is 3.05. The van der Waals surface area contributed by atoms with Crippen LogP contribution in [0.3, 0.4) is 0 Å². The molecule has 0 aliphatic carbocycles. The van der Waals surface area contributed by atoms with Gasteiger partial charge in [-0.1, -0.05) is 101 Å². The predicted octanol–water partition coefficient (Wildman–Crippen LogP) is 7.64. The van der Waals surface area contributed by atoms with Gasteiger partial charge in [0.2, 0.25) is 11.8 Å². The van der Waals surface area contributed by atoms with Gasteiger partial charge < -0.3 is 25.6 Å². The summed E-state index contributed by atoms with van der Waals surface area (Å²) in [6.45, 7) is 3.25. The maximum absolute atomic E-state index is 12.6. The molecule has 9 heteroatoms. The first-order valence-corrected chi connectivity index (χ1v) is 18.0. The highest BCUT2D eigenvalue weighted by molar-refractivity contribution is 5.87. The fraction of sp³-hybridized carbons (Fsp3) is 0.684. The number of amides is 2. The maximum Gasteiger partial charge on any atom is 0.328 e. The molecule has 0 radical (unpaired) electrons. The number of aliphatic carboxylic acids is 1. The van der Waals surface area contributed by atoms with Gasteiger partial charge in [0, 0.05) is 12.8 Å². The minimum atomic E-state index is -1.39. The molecule has 0 heterocycles. The molecule has 4 N–H and O–H groups in total. The van der Waals surface area contributed by atoms with E-state index in [0.29, 0.717) is 12.8 Å². The first-order chi connectivity index (χ1) is 22.8. The lowest BCUT2D eigenvalue weighted by molar-refractivity contribution is -0.150. The molecule has 268 valence electrons. The van der Waals surface area contributed by atoms with Crippen molar-refractivity contribution in [3.8, 4) is 0 Å². The lowest BCUT2D eigenvalue weighted by Crippen LogP contribution is -2.47. The topological polar surface area (TPSA) is 142 Å². The van der Waals surface area contributed by atoms with Crippen LogP contribution in [0.5, 0.6) is 0 Å². The second kappa shape index (κ2) is 32.7. The summed E-state index contributed by atoms with van der Waals surface area (Å²) < 4.78 is 5.86. The Morgan fingerprint density at radius 3 is 1.81 bits per heavy atom. The van der Waals surface area contributed by atoms with Crippen LogP contribution in [0.15, 0.2) is 48.6 Å². The van der Waals surface area contributed by atoms with Gasteiger partial charge in [-0.05, 0) is 77.0 Å². The first-order valence-electron chi connectivity index (χ1n) is 18.0. The van der Waals surface area contributed by atoms with Crippen LogP contribution in [0.2, 0.25) is 0 Å². The zero-order valence-electron chi connectivity index (χ0n) is 29.3. The van der Waals surface area contributed by atoms with E-state index in [2.05, 4.69) is 73.1 Å². The van der Waals surface area contributed by atoms with Crippen LogP contribution in [0.4, 0.5) is 0 Å². The summed E-state index contributed by atoms with van der Waals surface area (Å²) in [7, 11) is 0. The summed E-state index contributed by atoms with van der Waals surface area (Å²) in [5, 5.41) is 22.4. The zero-order valence-corrected chi connectivity index (χ0v) is 29.3. The van der Waals surface area contributed by atoms with Crippen molar-refractivity contribution in [3.63, 3.8) is 0 Å². The Labute approximate surface area is 284 Å². The predicted molar refractivity (Wildman–Crippen MR) is 190 cm³/mol. The molecule has 47 heavy (non-hydrogen) atoms. The molecule has 0 aliphatic rings. The number of hydrogen-bond acceptors (Lipinski definition) is 6. The lowest BCUT2D eigenvalue weighted by atomic mass is 10.0. The Hall–Kier alpha value is -3.20. The summed E-state index contributed by atoms with van der Waals surface area (Å²) in [5.41, 5.74) is 0. The van der Waals surface area contributed by atoms with E-state index >= 15 is 0 Å². The van der Waals surface area contributed by atoms with E-state index in [-0.39, 0.29) is 30.9 Å². The Morgan fingerprint density at radius 1 is 0.660 bits per heavy atom. The van der Waals surface area contributed by atoms with E-state index in [1.54, 1.807) is 0 Å². The largest absolute Gasteiger partial charge is 0.480 e. The van der Waals surface area contributed by atoms with Gasteiger partial charge in [0.05, 0.1) is 13.2 Å². The number of nitrogens with one attached hydrogen (secondary N) is 2. The van der Waals surface area contributed by atoms with Gasteiger partial charge in [0.1, 0.15) is 12.1 Å². The molecule has 2 amide bonds. The molecule has 0 aromatic rings. The third-order valence-corrected chi connectivity index (χ3v) is 7.59. The van der Waals surface area contributed by atoms with E-state index in [4.69, 9.17) is 14.9 Å². The molecule has 0 rings (SSSR count). The normalized spacial score (nSPS) is 13.1. The number of carboxylic acids is 1. The Morgan fingerprint density at radius 2 is 1.21 bits per heavy atom. The van der Waals surface area contributed by atoms with Gasteiger partial charge >= 0.3 is 11.9 Å². The van der Waals surface area contributed by atoms with Crippen molar-refractivity contribution in [2.75, 3.05) is 13.2 Å². The summed E-state index contributed by atoms with van der Waals surface area (Å²) in [5.74, 6) is -2.43. The van der Waals surface area contributed by atoms with Crippen LogP contribution < -0.4 is 10.6 Å². The number of allylic oxidation sites excluding steroid dienone is 8. The zero-order chi connectivity index (χ0) is 34.8. The van der Waals surface area contributed by atoms with Crippen molar-refractivity contribution in [2.45, 2.75) is 154 Å². The maximum atomic E-state index is 12.6. The van der Waals surface area contributed by atoms with Crippen molar-refractivity contribution in [1.82, 2.24) is 10.6 Å². The van der Waals surface area contributed by atoms with Crippen molar-refractivity contribution in [2.24, 2.45) is 0 Å². The number of carbonyl (C=O) groups excluding carboxylic acids is 3. The number of aliphatic hydroxyl groups excluding tert-OH is 1. The van der Waals surface area contributed by atoms with Gasteiger partial charge in [-0.2, -0.15) is 0 Å². The van der Waals surface area contributed by atoms with E-state index in [1.165, 1.54) is 6.42 Å². The Kier molecular flexibility index (Phi) is 30.5. The molecule has 0 saturated heterocycles. The number of carbonyl (C=O) groups is 4. The fourth-order valence-electron chi connectivity index (χ4n) is 4.82. The number of rotatable bonds is 31. The molecule has 2 atom stereocenters. The summed E-state index contributed by atoms with van der Waals surface area (Å²) in [4.78, 5) is 47.2. The van der Waals surface area contributed by atoms with Crippen molar-refractivity contribution < 1.29 is 34.1 Å². The van der Waals surface area contributed by atoms with Crippen molar-refractivity contribution in [3.05, 3.63) is 48.6 Å². The molecule has 0 aromatic heterocycles. The highest BCUT2D eigenvalue weighted by Gasteiger charge is 2.19. The minimum Gasteiger partial charge on any atom is -0.480 e. The Balaban J connectivity index is 4.12. The fourth-order valence-corrected chi connectivity index (χ4v) is 4.82. The van der Waals surface area contributed by atoms with E-state index < -0.39 is 24.5 Å². The number of aliphatic hydroxyl groups is 1. The van der Waals surface area contributed by atoms with Gasteiger partial charge in [-0.3, -0.25) is 14.4 Å². The number of hydrogen-bond donors (Lipinski definition) is 4. The minimum absolute atomic E-state index is 0.0938. The highest BCUT2D eigenvalue weighted by Crippen LogP contribution is 2.17. The molecular formula is C38H64N2O7. The average molecular weight is 661 g/mol. The molecule has 2 unspecified atom stereocenters. The SMILES string of the molecule is CC/C=C\C/C=C\C/C=C\C/C=C\CCCCCCC(=O)OC(CCCCCC)CCCCCC(=O)NCC(=O)NC(CO)C(=O)O. The van der Waals surface area contributed by atoms with Gasteiger partial charge in [0.15, 0.2) is 0 Å². The number of esters is 1. The lowest BCUT2D eigenvalue weighted by Gasteiger charge is -2.18. The van der Waals surface area contributed by atoms with E-state index in [0.717, 1.165) is 103 Å². The van der Waals surface area contributed by atoms with E-state index in [1.807, 2.05) is 0 Å². The molecule has 0 aliphatic heterocycles. The smallest absolute Gasteiger partial charge is 0.328 e. The molecule has 0 saturated carbocycles. The third kappa shape index (κ3) is 29.9. The third-order valence-electron chi connectivity index (χ3n) is 7.59. The molecular weight excluding hydrogens is 596 g/mol. The molecule has 9 nitrogen and oxygen atoms in total. The van der Waals surface area contributed by atoms with Crippen molar-refractivity contribution in [1.29, 1.82) is 0 Å². The van der Waals surface area contributed by atoms with Crippen molar-refractivity contribution >= 4 is 23.8 Å². The quantitative estimate of drug-likeness (QED) is 0.0340. The first kappa shape index (κ1) is 43.8. The van der Waals surface area contributed by atoms with E-state index in [9.17, 15) is 19.2 Å².